The summed E-state index contributed by atoms with van der Waals surface area (Å²) in [7, 11) is 0. The van der Waals surface area contributed by atoms with E-state index in [1.54, 1.807) is 0 Å². The van der Waals surface area contributed by atoms with E-state index in [4.69, 9.17) is 9.26 Å². The largest absolute Gasteiger partial charge is 0.457 e. The third-order valence-electron chi connectivity index (χ3n) is 3.94. The summed E-state index contributed by atoms with van der Waals surface area (Å²) in [5, 5.41) is 6.12. The number of ether oxygens (including phenoxy) is 1. The van der Waals surface area contributed by atoms with Crippen molar-refractivity contribution in [1.82, 2.24) is 15.5 Å². The second kappa shape index (κ2) is 9.68. The second-order valence-electron chi connectivity index (χ2n) is 6.17. The molecule has 1 N–H and O–H groups in total. The molecule has 0 saturated carbocycles. The molecular formula is C20H16F3N3O4. The molecule has 0 aliphatic carbocycles. The highest BCUT2D eigenvalue weighted by molar-refractivity contribution is 5.94. The monoisotopic (exact) mass is 419 g/mol. The summed E-state index contributed by atoms with van der Waals surface area (Å²) in [6.07, 6.45) is 0.245. The van der Waals surface area contributed by atoms with Crippen LogP contribution in [0, 0.1) is 17.5 Å². The first-order chi connectivity index (χ1) is 14.4. The minimum Gasteiger partial charge on any atom is -0.457 e. The molecule has 0 spiro atoms. The molecule has 0 unspecified atom stereocenters. The maximum Gasteiger partial charge on any atom is 0.306 e. The highest BCUT2D eigenvalue weighted by Gasteiger charge is 2.13. The summed E-state index contributed by atoms with van der Waals surface area (Å²) in [5.74, 6) is -3.09. The molecule has 1 amide bonds. The maximum atomic E-state index is 13.5. The quantitative estimate of drug-likeness (QED) is 0.444. The van der Waals surface area contributed by atoms with Crippen molar-refractivity contribution >= 4 is 11.9 Å². The van der Waals surface area contributed by atoms with Crippen LogP contribution in [-0.4, -0.2) is 28.6 Å². The van der Waals surface area contributed by atoms with Crippen molar-refractivity contribution in [2.45, 2.75) is 19.4 Å². The zero-order chi connectivity index (χ0) is 21.5. The van der Waals surface area contributed by atoms with E-state index in [1.165, 1.54) is 24.3 Å². The summed E-state index contributed by atoms with van der Waals surface area (Å²) in [5.41, 5.74) is 0.239. The molecule has 156 valence electrons. The average molecular weight is 419 g/mol. The van der Waals surface area contributed by atoms with Crippen LogP contribution in [-0.2, 0) is 16.1 Å². The Morgan fingerprint density at radius 2 is 1.77 bits per heavy atom. The number of nitrogens with zero attached hydrogens (tertiary/aromatic N) is 2. The lowest BCUT2D eigenvalue weighted by Gasteiger charge is -2.06. The zero-order valence-electron chi connectivity index (χ0n) is 15.5. The van der Waals surface area contributed by atoms with Gasteiger partial charge in [-0.1, -0.05) is 5.16 Å². The Balaban J connectivity index is 1.38. The summed E-state index contributed by atoms with van der Waals surface area (Å²) in [6, 6.07) is 8.10. The van der Waals surface area contributed by atoms with Crippen molar-refractivity contribution in [2.75, 3.05) is 6.54 Å². The van der Waals surface area contributed by atoms with Gasteiger partial charge in [0.05, 0.1) is 5.56 Å². The lowest BCUT2D eigenvalue weighted by Crippen LogP contribution is -2.26. The molecule has 1 aromatic heterocycles. The summed E-state index contributed by atoms with van der Waals surface area (Å²) in [6.45, 7) is -0.113. The first kappa shape index (κ1) is 21.0. The van der Waals surface area contributed by atoms with Crippen LogP contribution in [0.5, 0.6) is 0 Å². The van der Waals surface area contributed by atoms with Crippen LogP contribution in [0.4, 0.5) is 13.2 Å². The number of amides is 1. The Morgan fingerprint density at radius 1 is 1.03 bits per heavy atom. The number of nitrogens with one attached hydrogen (secondary N) is 1. The summed E-state index contributed by atoms with van der Waals surface area (Å²) >= 11 is 0. The molecule has 1 heterocycles. The van der Waals surface area contributed by atoms with Gasteiger partial charge in [0.1, 0.15) is 17.5 Å². The fraction of sp³-hybridized carbons (Fsp3) is 0.200. The van der Waals surface area contributed by atoms with Gasteiger partial charge in [0.2, 0.25) is 5.82 Å². The minimum absolute atomic E-state index is 0.00511. The smallest absolute Gasteiger partial charge is 0.306 e. The molecule has 0 aliphatic rings. The Hall–Kier alpha value is -3.69. The van der Waals surface area contributed by atoms with Crippen LogP contribution in [0.25, 0.3) is 11.5 Å². The summed E-state index contributed by atoms with van der Waals surface area (Å²) < 4.78 is 49.4. The molecule has 3 aromatic rings. The second-order valence-corrected chi connectivity index (χ2v) is 6.17. The van der Waals surface area contributed by atoms with Gasteiger partial charge in [0.15, 0.2) is 6.61 Å². The number of hydrogen-bond acceptors (Lipinski definition) is 6. The Morgan fingerprint density at radius 3 is 2.50 bits per heavy atom. The van der Waals surface area contributed by atoms with Crippen LogP contribution in [0.1, 0.15) is 29.0 Å². The van der Waals surface area contributed by atoms with Gasteiger partial charge in [0, 0.05) is 24.6 Å². The number of rotatable bonds is 8. The molecule has 2 aromatic carbocycles. The first-order valence-corrected chi connectivity index (χ1v) is 8.90. The number of halogens is 3. The number of carbonyl (C=O) groups is 2. The topological polar surface area (TPSA) is 94.3 Å². The van der Waals surface area contributed by atoms with Gasteiger partial charge in [-0.15, -0.1) is 0 Å². The van der Waals surface area contributed by atoms with Gasteiger partial charge in [0.25, 0.3) is 11.8 Å². The van der Waals surface area contributed by atoms with Crippen molar-refractivity contribution in [1.29, 1.82) is 0 Å². The standard InChI is InChI=1S/C20H16F3N3O4/c21-13-5-3-12(4-6-13)20-25-17(26-30-20)11-29-18(27)2-1-9-24-19(28)15-8-7-14(22)10-16(15)23/h3-8,10H,1-2,9,11H2,(H,24,28). The van der Waals surface area contributed by atoms with E-state index in [0.29, 0.717) is 11.6 Å². The molecule has 3 rings (SSSR count). The molecule has 0 saturated heterocycles. The third-order valence-corrected chi connectivity index (χ3v) is 3.94. The predicted octanol–water partition coefficient (Wildman–Crippen LogP) is 3.41. The Kier molecular flexibility index (Phi) is 6.79. The summed E-state index contributed by atoms with van der Waals surface area (Å²) in [4.78, 5) is 27.7. The number of esters is 1. The lowest BCUT2D eigenvalue weighted by molar-refractivity contribution is -0.145. The van der Waals surface area contributed by atoms with Gasteiger partial charge in [-0.2, -0.15) is 4.98 Å². The molecule has 10 heteroatoms. The van der Waals surface area contributed by atoms with E-state index >= 15 is 0 Å². The van der Waals surface area contributed by atoms with E-state index in [0.717, 1.165) is 12.1 Å². The lowest BCUT2D eigenvalue weighted by atomic mass is 10.2. The predicted molar refractivity (Wildman–Crippen MR) is 97.4 cm³/mol. The number of aromatic nitrogens is 2. The van der Waals surface area contributed by atoms with Gasteiger partial charge < -0.3 is 14.6 Å². The van der Waals surface area contributed by atoms with E-state index in [9.17, 15) is 22.8 Å². The molecule has 7 nitrogen and oxygen atoms in total. The fourth-order valence-electron chi connectivity index (χ4n) is 2.44. The molecule has 0 atom stereocenters. The van der Waals surface area contributed by atoms with E-state index in [1.807, 2.05) is 0 Å². The SMILES string of the molecule is O=C(CCCNC(=O)c1ccc(F)cc1F)OCc1noc(-c2ccc(F)cc2)n1. The number of hydrogen-bond donors (Lipinski definition) is 1. The van der Waals surface area contributed by atoms with Gasteiger partial charge in [-0.25, -0.2) is 13.2 Å². The van der Waals surface area contributed by atoms with Crippen LogP contribution in [0.3, 0.4) is 0 Å². The molecule has 0 aliphatic heterocycles. The van der Waals surface area contributed by atoms with Crippen molar-refractivity contribution in [3.05, 3.63) is 71.3 Å². The first-order valence-electron chi connectivity index (χ1n) is 8.90. The normalized spacial score (nSPS) is 10.6. The minimum atomic E-state index is -0.966. The number of benzene rings is 2. The number of carbonyl (C=O) groups excluding carboxylic acids is 2. The van der Waals surface area contributed by atoms with Crippen molar-refractivity contribution in [3.63, 3.8) is 0 Å². The van der Waals surface area contributed by atoms with E-state index < -0.39 is 29.3 Å². The van der Waals surface area contributed by atoms with Crippen molar-refractivity contribution < 1.29 is 32.0 Å². The highest BCUT2D eigenvalue weighted by Crippen LogP contribution is 2.17. The van der Waals surface area contributed by atoms with E-state index in [2.05, 4.69) is 15.5 Å². The Bertz CT molecular complexity index is 1040. The Labute approximate surface area is 168 Å². The van der Waals surface area contributed by atoms with Crippen LogP contribution in [0.2, 0.25) is 0 Å². The fourth-order valence-corrected chi connectivity index (χ4v) is 2.44. The van der Waals surface area contributed by atoms with Gasteiger partial charge >= 0.3 is 5.97 Å². The highest BCUT2D eigenvalue weighted by atomic mass is 19.1. The van der Waals surface area contributed by atoms with Gasteiger partial charge in [-0.3, -0.25) is 9.59 Å². The average Bonchev–Trinajstić information content (AvgIpc) is 3.19. The maximum absolute atomic E-state index is 13.5. The zero-order valence-corrected chi connectivity index (χ0v) is 15.5. The van der Waals surface area contributed by atoms with Crippen LogP contribution in [0.15, 0.2) is 47.0 Å². The van der Waals surface area contributed by atoms with E-state index in [-0.39, 0.29) is 43.3 Å². The van der Waals surface area contributed by atoms with Gasteiger partial charge in [-0.05, 0) is 42.8 Å². The molecule has 0 fully saturated rings. The molecular weight excluding hydrogens is 403 g/mol. The van der Waals surface area contributed by atoms with Crippen LogP contribution < -0.4 is 5.32 Å². The van der Waals surface area contributed by atoms with Crippen LogP contribution >= 0.6 is 0 Å². The van der Waals surface area contributed by atoms with Crippen molar-refractivity contribution in [2.24, 2.45) is 0 Å². The molecule has 30 heavy (non-hydrogen) atoms. The molecule has 0 radical (unpaired) electrons. The van der Waals surface area contributed by atoms with Crippen molar-refractivity contribution in [3.8, 4) is 11.5 Å². The molecule has 0 bridgehead atoms. The third kappa shape index (κ3) is 5.66.